The van der Waals surface area contributed by atoms with Crippen LogP contribution in [0.3, 0.4) is 0 Å². The number of carbonyl (C=O) groups is 1. The Bertz CT molecular complexity index is 574. The molecule has 0 aliphatic carbocycles. The number of pyridine rings is 1. The molecule has 1 amide bonds. The van der Waals surface area contributed by atoms with Crippen LogP contribution in [0.15, 0.2) is 30.5 Å². The molecule has 98 valence electrons. The Hall–Kier alpha value is -2.01. The van der Waals surface area contributed by atoms with Gasteiger partial charge in [-0.1, -0.05) is 18.5 Å². The molecular weight excluding hydrogens is 264 g/mol. The van der Waals surface area contributed by atoms with Crippen LogP contribution in [0.5, 0.6) is 0 Å². The van der Waals surface area contributed by atoms with Crippen LogP contribution < -0.4 is 5.32 Å². The number of nitrogens with zero attached hydrogens (tertiary/aromatic N) is 3. The number of aryl methyl sites for hydroxylation is 1. The lowest BCUT2D eigenvalue weighted by Gasteiger charge is -2.06. The molecule has 5 nitrogen and oxygen atoms in total. The van der Waals surface area contributed by atoms with Crippen LogP contribution in [0.25, 0.3) is 0 Å². The Kier molecular flexibility index (Phi) is 4.41. The fourth-order valence-corrected chi connectivity index (χ4v) is 1.79. The Morgan fingerprint density at radius 1 is 1.37 bits per heavy atom. The van der Waals surface area contributed by atoms with E-state index in [0.29, 0.717) is 23.0 Å². The minimum absolute atomic E-state index is 0.204. The molecule has 0 saturated carbocycles. The van der Waals surface area contributed by atoms with E-state index in [1.807, 2.05) is 6.92 Å². The summed E-state index contributed by atoms with van der Waals surface area (Å²) < 4.78 is 0. The van der Waals surface area contributed by atoms with Crippen molar-refractivity contribution in [3.63, 3.8) is 0 Å². The van der Waals surface area contributed by atoms with Gasteiger partial charge < -0.3 is 5.32 Å². The third kappa shape index (κ3) is 3.72. The lowest BCUT2D eigenvalue weighted by atomic mass is 10.2. The predicted octanol–water partition coefficient (Wildman–Crippen LogP) is 2.02. The van der Waals surface area contributed by atoms with Crippen molar-refractivity contribution >= 4 is 17.5 Å². The molecular formula is C13H13ClN4O. The zero-order valence-electron chi connectivity index (χ0n) is 10.4. The molecule has 0 fully saturated rings. The summed E-state index contributed by atoms with van der Waals surface area (Å²) in [4.78, 5) is 16.1. The Balaban J connectivity index is 2.06. The Morgan fingerprint density at radius 3 is 2.89 bits per heavy atom. The minimum atomic E-state index is -0.204. The number of carbonyl (C=O) groups excluding carboxylic acids is 1. The highest BCUT2D eigenvalue weighted by Gasteiger charge is 2.08. The maximum atomic E-state index is 12.0. The van der Waals surface area contributed by atoms with Crippen LogP contribution in [0.1, 0.15) is 28.7 Å². The van der Waals surface area contributed by atoms with Gasteiger partial charge in [-0.2, -0.15) is 10.2 Å². The number of hydrogen-bond acceptors (Lipinski definition) is 4. The molecule has 0 aliphatic heterocycles. The fourth-order valence-electron chi connectivity index (χ4n) is 1.56. The first-order valence-electron chi connectivity index (χ1n) is 5.90. The normalized spacial score (nSPS) is 10.2. The van der Waals surface area contributed by atoms with E-state index in [2.05, 4.69) is 20.5 Å². The highest BCUT2D eigenvalue weighted by atomic mass is 35.5. The van der Waals surface area contributed by atoms with Gasteiger partial charge in [-0.15, -0.1) is 0 Å². The van der Waals surface area contributed by atoms with E-state index in [1.165, 1.54) is 0 Å². The Morgan fingerprint density at radius 2 is 2.21 bits per heavy atom. The standard InChI is InChI=1S/C13H13ClN4O/c1-2-10-6-9(7-12(14)17-10)13(19)15-8-11-4-3-5-16-18-11/h3-7H,2,8H2,1H3,(H,15,19). The molecule has 0 unspecified atom stereocenters. The molecule has 2 heterocycles. The van der Waals surface area contributed by atoms with Crippen molar-refractivity contribution in [2.75, 3.05) is 0 Å². The SMILES string of the molecule is CCc1cc(C(=O)NCc2cccnn2)cc(Cl)n1. The quantitative estimate of drug-likeness (QED) is 0.868. The number of amides is 1. The second kappa shape index (κ2) is 6.24. The topological polar surface area (TPSA) is 67.8 Å². The van der Waals surface area contributed by atoms with E-state index in [0.717, 1.165) is 12.1 Å². The molecule has 0 spiro atoms. The van der Waals surface area contributed by atoms with E-state index >= 15 is 0 Å². The number of hydrogen-bond donors (Lipinski definition) is 1. The molecule has 0 saturated heterocycles. The smallest absolute Gasteiger partial charge is 0.251 e. The van der Waals surface area contributed by atoms with E-state index < -0.39 is 0 Å². The van der Waals surface area contributed by atoms with Crippen molar-refractivity contribution in [2.45, 2.75) is 19.9 Å². The maximum absolute atomic E-state index is 12.0. The summed E-state index contributed by atoms with van der Waals surface area (Å²) >= 11 is 5.88. The van der Waals surface area contributed by atoms with Gasteiger partial charge in [0.25, 0.3) is 5.91 Å². The second-order valence-corrected chi connectivity index (χ2v) is 4.31. The van der Waals surface area contributed by atoms with Gasteiger partial charge in [-0.05, 0) is 30.7 Å². The first-order chi connectivity index (χ1) is 9.19. The van der Waals surface area contributed by atoms with Crippen molar-refractivity contribution in [3.05, 3.63) is 52.6 Å². The third-order valence-corrected chi connectivity index (χ3v) is 2.72. The van der Waals surface area contributed by atoms with Gasteiger partial charge in [-0.25, -0.2) is 4.98 Å². The summed E-state index contributed by atoms with van der Waals surface area (Å²) in [7, 11) is 0. The van der Waals surface area contributed by atoms with Crippen LogP contribution in [0.4, 0.5) is 0 Å². The number of nitrogens with one attached hydrogen (secondary N) is 1. The van der Waals surface area contributed by atoms with Crippen LogP contribution in [0, 0.1) is 0 Å². The fraction of sp³-hybridized carbons (Fsp3) is 0.231. The zero-order valence-corrected chi connectivity index (χ0v) is 11.2. The molecule has 6 heteroatoms. The molecule has 0 aliphatic rings. The van der Waals surface area contributed by atoms with Crippen molar-refractivity contribution in [3.8, 4) is 0 Å². The average Bonchev–Trinajstić information content (AvgIpc) is 2.45. The molecule has 1 N–H and O–H groups in total. The Labute approximate surface area is 116 Å². The minimum Gasteiger partial charge on any atom is -0.346 e. The highest BCUT2D eigenvalue weighted by molar-refractivity contribution is 6.29. The van der Waals surface area contributed by atoms with Gasteiger partial charge >= 0.3 is 0 Å². The zero-order chi connectivity index (χ0) is 13.7. The molecule has 2 rings (SSSR count). The van der Waals surface area contributed by atoms with Crippen LogP contribution in [-0.4, -0.2) is 21.1 Å². The van der Waals surface area contributed by atoms with Crippen molar-refractivity contribution < 1.29 is 4.79 Å². The second-order valence-electron chi connectivity index (χ2n) is 3.92. The summed E-state index contributed by atoms with van der Waals surface area (Å²) in [6.07, 6.45) is 2.31. The van der Waals surface area contributed by atoms with Crippen molar-refractivity contribution in [1.29, 1.82) is 0 Å². The molecule has 0 radical (unpaired) electrons. The largest absolute Gasteiger partial charge is 0.346 e. The number of rotatable bonds is 4. The number of halogens is 1. The summed E-state index contributed by atoms with van der Waals surface area (Å²) in [6, 6.07) is 6.85. The number of aromatic nitrogens is 3. The van der Waals surface area contributed by atoms with Crippen molar-refractivity contribution in [1.82, 2.24) is 20.5 Å². The van der Waals surface area contributed by atoms with E-state index in [-0.39, 0.29) is 5.91 Å². The van der Waals surface area contributed by atoms with Gasteiger partial charge in [0.1, 0.15) is 5.15 Å². The molecule has 2 aromatic rings. The summed E-state index contributed by atoms with van der Waals surface area (Å²) in [6.45, 7) is 2.29. The molecule has 0 aromatic carbocycles. The van der Waals surface area contributed by atoms with Gasteiger partial charge in [0.15, 0.2) is 0 Å². The summed E-state index contributed by atoms with van der Waals surface area (Å²) in [5, 5.41) is 10.7. The molecule has 0 atom stereocenters. The lowest BCUT2D eigenvalue weighted by Crippen LogP contribution is -2.23. The van der Waals surface area contributed by atoms with E-state index in [9.17, 15) is 4.79 Å². The van der Waals surface area contributed by atoms with Crippen molar-refractivity contribution in [2.24, 2.45) is 0 Å². The van der Waals surface area contributed by atoms with Crippen LogP contribution in [-0.2, 0) is 13.0 Å². The highest BCUT2D eigenvalue weighted by Crippen LogP contribution is 2.11. The van der Waals surface area contributed by atoms with Gasteiger partial charge in [0.05, 0.1) is 12.2 Å². The summed E-state index contributed by atoms with van der Waals surface area (Å²) in [5.74, 6) is -0.204. The maximum Gasteiger partial charge on any atom is 0.251 e. The average molecular weight is 277 g/mol. The van der Waals surface area contributed by atoms with E-state index in [1.54, 1.807) is 30.5 Å². The van der Waals surface area contributed by atoms with Gasteiger partial charge in [-0.3, -0.25) is 4.79 Å². The molecule has 0 bridgehead atoms. The summed E-state index contributed by atoms with van der Waals surface area (Å²) in [5.41, 5.74) is 1.99. The van der Waals surface area contributed by atoms with E-state index in [4.69, 9.17) is 11.6 Å². The van der Waals surface area contributed by atoms with Crippen LogP contribution in [0.2, 0.25) is 5.15 Å². The first kappa shape index (κ1) is 13.4. The monoisotopic (exact) mass is 276 g/mol. The molecule has 2 aromatic heterocycles. The van der Waals surface area contributed by atoms with Gasteiger partial charge in [0, 0.05) is 17.5 Å². The third-order valence-electron chi connectivity index (χ3n) is 2.53. The lowest BCUT2D eigenvalue weighted by molar-refractivity contribution is 0.0950. The molecule has 19 heavy (non-hydrogen) atoms. The first-order valence-corrected chi connectivity index (χ1v) is 6.28. The van der Waals surface area contributed by atoms with Gasteiger partial charge in [0.2, 0.25) is 0 Å². The van der Waals surface area contributed by atoms with Crippen LogP contribution >= 0.6 is 11.6 Å². The predicted molar refractivity (Wildman–Crippen MR) is 71.8 cm³/mol.